The molecule has 0 atom stereocenters. The maximum atomic E-state index is 4.73. The molecular weight excluding hydrogens is 196 g/mol. The zero-order valence-electron chi connectivity index (χ0n) is 9.61. The van der Waals surface area contributed by atoms with Crippen molar-refractivity contribution in [3.63, 3.8) is 0 Å². The zero-order valence-corrected chi connectivity index (χ0v) is 9.61. The molecule has 0 unspecified atom stereocenters. The Bertz CT molecular complexity index is 497. The van der Waals surface area contributed by atoms with Gasteiger partial charge in [-0.2, -0.15) is 0 Å². The van der Waals surface area contributed by atoms with E-state index in [0.717, 1.165) is 12.4 Å². The maximum absolute atomic E-state index is 4.73. The van der Waals surface area contributed by atoms with E-state index in [1.54, 1.807) is 0 Å². The summed E-state index contributed by atoms with van der Waals surface area (Å²) in [6.07, 6.45) is 3.76. The van der Waals surface area contributed by atoms with Gasteiger partial charge in [-0.25, -0.2) is 4.98 Å². The fourth-order valence-corrected chi connectivity index (χ4v) is 2.55. The molecule has 1 aliphatic rings. The van der Waals surface area contributed by atoms with Gasteiger partial charge in [0.2, 0.25) is 0 Å². The van der Waals surface area contributed by atoms with Crippen molar-refractivity contribution < 1.29 is 0 Å². The van der Waals surface area contributed by atoms with E-state index in [0.29, 0.717) is 0 Å². The average molecular weight is 212 g/mol. The second kappa shape index (κ2) is 3.78. The monoisotopic (exact) mass is 212 g/mol. The third kappa shape index (κ3) is 1.45. The number of fused-ring (bicyclic) bond motifs is 1. The van der Waals surface area contributed by atoms with Crippen molar-refractivity contribution >= 4 is 0 Å². The van der Waals surface area contributed by atoms with Gasteiger partial charge in [0.15, 0.2) is 0 Å². The molecule has 1 aromatic heterocycles. The van der Waals surface area contributed by atoms with Crippen LogP contribution in [0.25, 0.3) is 11.3 Å². The molecule has 1 aromatic carbocycles. The molecule has 2 heterocycles. The van der Waals surface area contributed by atoms with E-state index in [9.17, 15) is 0 Å². The Morgan fingerprint density at radius 2 is 1.94 bits per heavy atom. The van der Waals surface area contributed by atoms with Crippen molar-refractivity contribution in [3.8, 4) is 11.3 Å². The summed E-state index contributed by atoms with van der Waals surface area (Å²) in [6, 6.07) is 10.5. The van der Waals surface area contributed by atoms with Crippen molar-refractivity contribution in [1.82, 2.24) is 9.55 Å². The van der Waals surface area contributed by atoms with E-state index < -0.39 is 0 Å². The molecule has 0 N–H and O–H groups in total. The Hall–Kier alpha value is -1.57. The lowest BCUT2D eigenvalue weighted by molar-refractivity contribution is 0.523. The van der Waals surface area contributed by atoms with Crippen LogP contribution < -0.4 is 0 Å². The number of imidazole rings is 1. The zero-order chi connectivity index (χ0) is 11.0. The second-order valence-corrected chi connectivity index (χ2v) is 4.43. The molecular formula is C14H16N2. The number of aromatic nitrogens is 2. The van der Waals surface area contributed by atoms with Crippen molar-refractivity contribution in [1.29, 1.82) is 0 Å². The van der Waals surface area contributed by atoms with Gasteiger partial charge in [0.25, 0.3) is 0 Å². The quantitative estimate of drug-likeness (QED) is 0.709. The van der Waals surface area contributed by atoms with Gasteiger partial charge in [-0.3, -0.25) is 0 Å². The highest BCUT2D eigenvalue weighted by Crippen LogP contribution is 2.28. The molecule has 0 radical (unpaired) electrons. The Kier molecular flexibility index (Phi) is 2.28. The minimum Gasteiger partial charge on any atom is -0.332 e. The van der Waals surface area contributed by atoms with Gasteiger partial charge >= 0.3 is 0 Å². The summed E-state index contributed by atoms with van der Waals surface area (Å²) >= 11 is 0. The van der Waals surface area contributed by atoms with Crippen LogP contribution in [0, 0.1) is 6.92 Å². The van der Waals surface area contributed by atoms with Gasteiger partial charge in [0, 0.05) is 17.8 Å². The third-order valence-corrected chi connectivity index (χ3v) is 3.36. The van der Waals surface area contributed by atoms with E-state index in [1.807, 2.05) is 0 Å². The summed E-state index contributed by atoms with van der Waals surface area (Å²) in [5.74, 6) is 1.16. The molecule has 0 fully saturated rings. The van der Waals surface area contributed by atoms with Gasteiger partial charge in [0.05, 0.1) is 5.69 Å². The highest BCUT2D eigenvalue weighted by molar-refractivity contribution is 5.62. The van der Waals surface area contributed by atoms with Crippen molar-refractivity contribution in [3.05, 3.63) is 41.9 Å². The Morgan fingerprint density at radius 3 is 2.75 bits per heavy atom. The summed E-state index contributed by atoms with van der Waals surface area (Å²) in [5, 5.41) is 0. The predicted octanol–water partition coefficient (Wildman–Crippen LogP) is 3.19. The molecule has 0 spiro atoms. The Balaban J connectivity index is 2.15. The molecule has 0 bridgehead atoms. The summed E-state index contributed by atoms with van der Waals surface area (Å²) in [6.45, 7) is 3.25. The van der Waals surface area contributed by atoms with E-state index in [1.165, 1.54) is 36.2 Å². The molecule has 2 aromatic rings. The van der Waals surface area contributed by atoms with Crippen LogP contribution >= 0.6 is 0 Å². The SMILES string of the molecule is Cc1nc(-c2ccccc2)c2n1CCCC2. The van der Waals surface area contributed by atoms with Crippen LogP contribution in [-0.4, -0.2) is 9.55 Å². The summed E-state index contributed by atoms with van der Waals surface area (Å²) < 4.78 is 2.38. The van der Waals surface area contributed by atoms with Crippen LogP contribution in [0.15, 0.2) is 30.3 Å². The maximum Gasteiger partial charge on any atom is 0.106 e. The summed E-state index contributed by atoms with van der Waals surface area (Å²) in [5.41, 5.74) is 3.87. The van der Waals surface area contributed by atoms with Gasteiger partial charge in [-0.15, -0.1) is 0 Å². The first-order valence-corrected chi connectivity index (χ1v) is 5.97. The number of hydrogen-bond acceptors (Lipinski definition) is 1. The highest BCUT2D eigenvalue weighted by atomic mass is 15.1. The average Bonchev–Trinajstić information content (AvgIpc) is 2.69. The molecule has 0 aliphatic carbocycles. The second-order valence-electron chi connectivity index (χ2n) is 4.43. The minimum absolute atomic E-state index is 1.14. The predicted molar refractivity (Wildman–Crippen MR) is 65.3 cm³/mol. The summed E-state index contributed by atoms with van der Waals surface area (Å²) in [7, 11) is 0. The van der Waals surface area contributed by atoms with Crippen molar-refractivity contribution in [2.75, 3.05) is 0 Å². The normalized spacial score (nSPS) is 14.8. The first-order chi connectivity index (χ1) is 7.86. The van der Waals surface area contributed by atoms with E-state index in [-0.39, 0.29) is 0 Å². The van der Waals surface area contributed by atoms with Gasteiger partial charge in [-0.05, 0) is 26.2 Å². The van der Waals surface area contributed by atoms with Crippen LogP contribution in [-0.2, 0) is 13.0 Å². The number of benzene rings is 1. The largest absolute Gasteiger partial charge is 0.332 e. The number of rotatable bonds is 1. The fraction of sp³-hybridized carbons (Fsp3) is 0.357. The van der Waals surface area contributed by atoms with E-state index in [4.69, 9.17) is 4.98 Å². The molecule has 0 saturated carbocycles. The van der Waals surface area contributed by atoms with Crippen LogP contribution in [0.4, 0.5) is 0 Å². The Morgan fingerprint density at radius 1 is 1.12 bits per heavy atom. The van der Waals surface area contributed by atoms with Crippen LogP contribution in [0.2, 0.25) is 0 Å². The molecule has 0 amide bonds. The minimum atomic E-state index is 1.14. The molecule has 82 valence electrons. The number of hydrogen-bond donors (Lipinski definition) is 0. The topological polar surface area (TPSA) is 17.8 Å². The van der Waals surface area contributed by atoms with Crippen molar-refractivity contribution in [2.45, 2.75) is 32.7 Å². The van der Waals surface area contributed by atoms with Gasteiger partial charge in [0.1, 0.15) is 5.82 Å². The molecule has 16 heavy (non-hydrogen) atoms. The molecule has 2 heteroatoms. The molecule has 1 aliphatic heterocycles. The smallest absolute Gasteiger partial charge is 0.106 e. The first-order valence-electron chi connectivity index (χ1n) is 5.97. The molecule has 3 rings (SSSR count). The molecule has 0 saturated heterocycles. The lowest BCUT2D eigenvalue weighted by atomic mass is 10.0. The first kappa shape index (κ1) is 9.64. The van der Waals surface area contributed by atoms with Crippen LogP contribution in [0.1, 0.15) is 24.4 Å². The van der Waals surface area contributed by atoms with Crippen LogP contribution in [0.5, 0.6) is 0 Å². The summed E-state index contributed by atoms with van der Waals surface area (Å²) in [4.78, 5) is 4.73. The standard InChI is InChI=1S/C14H16N2/c1-11-15-14(12-7-3-2-4-8-12)13-9-5-6-10-16(11)13/h2-4,7-8H,5-6,9-10H2,1H3. The number of nitrogens with zero attached hydrogens (tertiary/aromatic N) is 2. The van der Waals surface area contributed by atoms with Gasteiger partial charge in [-0.1, -0.05) is 30.3 Å². The highest BCUT2D eigenvalue weighted by Gasteiger charge is 2.18. The number of aryl methyl sites for hydroxylation is 1. The van der Waals surface area contributed by atoms with Gasteiger partial charge < -0.3 is 4.57 Å². The molecule has 2 nitrogen and oxygen atoms in total. The van der Waals surface area contributed by atoms with E-state index in [2.05, 4.69) is 41.8 Å². The lowest BCUT2D eigenvalue weighted by Crippen LogP contribution is -2.11. The lowest BCUT2D eigenvalue weighted by Gasteiger charge is -2.16. The fourth-order valence-electron chi connectivity index (χ4n) is 2.55. The Labute approximate surface area is 95.9 Å². The van der Waals surface area contributed by atoms with Crippen LogP contribution in [0.3, 0.4) is 0 Å². The van der Waals surface area contributed by atoms with E-state index >= 15 is 0 Å². The van der Waals surface area contributed by atoms with Crippen molar-refractivity contribution in [2.24, 2.45) is 0 Å². The third-order valence-electron chi connectivity index (χ3n) is 3.36.